The van der Waals surface area contributed by atoms with Crippen molar-refractivity contribution < 1.29 is 0 Å². The smallest absolute Gasteiger partial charge is 0.189 e. The molecule has 0 amide bonds. The minimum absolute atomic E-state index is 0.368. The van der Waals surface area contributed by atoms with Crippen molar-refractivity contribution in [2.45, 2.75) is 34.6 Å². The Balaban J connectivity index is 0.000000640. The highest BCUT2D eigenvalue weighted by molar-refractivity contribution is 5.67. The van der Waals surface area contributed by atoms with Gasteiger partial charge in [-0.25, -0.2) is 4.98 Å². The van der Waals surface area contributed by atoms with Gasteiger partial charge in [0.15, 0.2) is 17.5 Å². The summed E-state index contributed by atoms with van der Waals surface area (Å²) >= 11 is 0. The summed E-state index contributed by atoms with van der Waals surface area (Å²) in [6.07, 6.45) is 1.71. The molecule has 1 aromatic carbocycles. The third kappa shape index (κ3) is 6.16. The Hall–Kier alpha value is -2.74. The molecule has 1 aromatic heterocycles. The van der Waals surface area contributed by atoms with Crippen LogP contribution in [0.2, 0.25) is 0 Å². The number of hydrazone groups is 1. The third-order valence-electron chi connectivity index (χ3n) is 3.91. The van der Waals surface area contributed by atoms with E-state index in [9.17, 15) is 0 Å². The lowest BCUT2D eigenvalue weighted by atomic mass is 10.1. The second-order valence-corrected chi connectivity index (χ2v) is 7.34. The van der Waals surface area contributed by atoms with Crippen molar-refractivity contribution in [2.75, 3.05) is 42.2 Å². The summed E-state index contributed by atoms with van der Waals surface area (Å²) in [5.74, 6) is 2.48. The number of nitrogens with one attached hydrogen (secondary N) is 2. The Kier molecular flexibility index (Phi) is 8.13. The fourth-order valence-corrected chi connectivity index (χ4v) is 2.62. The highest BCUT2D eigenvalue weighted by Gasteiger charge is 2.17. The molecule has 0 spiro atoms. The summed E-state index contributed by atoms with van der Waals surface area (Å²) in [7, 11) is 0. The van der Waals surface area contributed by atoms with Gasteiger partial charge in [-0.2, -0.15) is 5.10 Å². The van der Waals surface area contributed by atoms with Crippen molar-refractivity contribution in [3.05, 3.63) is 23.8 Å². The summed E-state index contributed by atoms with van der Waals surface area (Å²) in [5.41, 5.74) is 11.9. The lowest BCUT2D eigenvalue weighted by Crippen LogP contribution is -2.44. The normalized spacial score (nSPS) is 14.1. The molecule has 8 nitrogen and oxygen atoms in total. The molecule has 0 saturated carbocycles. The molecule has 0 radical (unpaired) electrons. The largest absolute Gasteiger partial charge is 0.379 e. The van der Waals surface area contributed by atoms with E-state index in [-0.39, 0.29) is 0 Å². The molecule has 0 bridgehead atoms. The maximum atomic E-state index is 5.98. The zero-order chi connectivity index (χ0) is 20.5. The fraction of sp³-hybridized carbons (Fsp3) is 0.500. The minimum atomic E-state index is 0.368. The van der Waals surface area contributed by atoms with Gasteiger partial charge >= 0.3 is 0 Å². The van der Waals surface area contributed by atoms with Crippen LogP contribution in [0.15, 0.2) is 23.3 Å². The van der Waals surface area contributed by atoms with Gasteiger partial charge in [-0.15, -0.1) is 10.2 Å². The number of nitrogens with zero attached hydrogens (tertiary/aromatic N) is 5. The first-order chi connectivity index (χ1) is 13.4. The molecule has 8 heteroatoms. The van der Waals surface area contributed by atoms with Gasteiger partial charge in [0.05, 0.1) is 5.69 Å². The second kappa shape index (κ2) is 10.6. The van der Waals surface area contributed by atoms with E-state index >= 15 is 0 Å². The van der Waals surface area contributed by atoms with Crippen LogP contribution in [0.4, 0.5) is 17.3 Å². The fourth-order valence-electron chi connectivity index (χ4n) is 2.62. The molecular formula is C20H32N8. The number of anilines is 3. The van der Waals surface area contributed by atoms with Crippen molar-refractivity contribution in [1.82, 2.24) is 20.5 Å². The number of rotatable bonds is 4. The second-order valence-electron chi connectivity index (χ2n) is 7.34. The van der Waals surface area contributed by atoms with Crippen LogP contribution in [0.1, 0.15) is 33.3 Å². The summed E-state index contributed by atoms with van der Waals surface area (Å²) in [5, 5.41) is 15.6. The van der Waals surface area contributed by atoms with Crippen LogP contribution < -0.4 is 21.4 Å². The van der Waals surface area contributed by atoms with Gasteiger partial charge in [0, 0.05) is 38.0 Å². The van der Waals surface area contributed by atoms with Gasteiger partial charge in [0.1, 0.15) is 0 Å². The Morgan fingerprint density at radius 3 is 2.50 bits per heavy atom. The zero-order valence-electron chi connectivity index (χ0n) is 17.5. The number of nitrogens with two attached hydrogens (primary N) is 1. The molecule has 4 N–H and O–H groups in total. The van der Waals surface area contributed by atoms with Crippen molar-refractivity contribution in [2.24, 2.45) is 11.0 Å². The van der Waals surface area contributed by atoms with E-state index < -0.39 is 0 Å². The highest BCUT2D eigenvalue weighted by atomic mass is 15.3. The lowest BCUT2D eigenvalue weighted by molar-refractivity contribution is 0.584. The molecular weight excluding hydrogens is 352 g/mol. The average molecular weight is 385 g/mol. The van der Waals surface area contributed by atoms with E-state index in [4.69, 9.17) is 5.73 Å². The van der Waals surface area contributed by atoms with E-state index in [0.717, 1.165) is 48.9 Å². The summed E-state index contributed by atoms with van der Waals surface area (Å²) in [4.78, 5) is 6.79. The quantitative estimate of drug-likeness (QED) is 0.550. The molecule has 1 aliphatic rings. The number of nitrogen functional groups attached to an aromatic ring is 1. The first-order valence-electron chi connectivity index (χ1n) is 9.73. The number of hydrogen-bond donors (Lipinski definition) is 3. The Labute approximate surface area is 167 Å². The number of aryl methyl sites for hydroxylation is 1. The van der Waals surface area contributed by atoms with Gasteiger partial charge in [0.25, 0.3) is 0 Å². The number of benzene rings is 1. The monoisotopic (exact) mass is 384 g/mol. The van der Waals surface area contributed by atoms with Crippen LogP contribution in [-0.2, 0) is 0 Å². The Bertz CT molecular complexity index is 779. The van der Waals surface area contributed by atoms with Crippen LogP contribution in [0, 0.1) is 12.8 Å². The van der Waals surface area contributed by atoms with Crippen LogP contribution >= 0.6 is 0 Å². The summed E-state index contributed by atoms with van der Waals surface area (Å²) in [6.45, 7) is 13.9. The number of piperazine rings is 1. The Morgan fingerprint density at radius 1 is 1.21 bits per heavy atom. The van der Waals surface area contributed by atoms with Gasteiger partial charge in [-0.05, 0) is 43.5 Å². The minimum Gasteiger partial charge on any atom is -0.379 e. The lowest BCUT2D eigenvalue weighted by Gasteiger charge is -2.28. The van der Waals surface area contributed by atoms with Crippen molar-refractivity contribution in [1.29, 1.82) is 0 Å². The standard InChI is InChI=1S/C16H22N8.C4H10/c1-3-19-21-13-5-4-12(10-11(13)2)15-20-16(14(17)22-23-15)24-8-6-18-7-9-24;1-4(2)3/h3-5,10,18,21H,6-9H2,1-2H3,(H2,17,22);4H,1-3H3/b19-3+;. The van der Waals surface area contributed by atoms with Crippen LogP contribution in [0.25, 0.3) is 11.4 Å². The molecule has 0 unspecified atom stereocenters. The molecule has 2 aromatic rings. The molecule has 2 heterocycles. The molecule has 28 heavy (non-hydrogen) atoms. The third-order valence-corrected chi connectivity index (χ3v) is 3.91. The van der Waals surface area contributed by atoms with Crippen LogP contribution in [0.5, 0.6) is 0 Å². The first-order valence-corrected chi connectivity index (χ1v) is 9.73. The molecule has 1 saturated heterocycles. The maximum Gasteiger partial charge on any atom is 0.189 e. The van der Waals surface area contributed by atoms with Crippen molar-refractivity contribution in [3.63, 3.8) is 0 Å². The summed E-state index contributed by atoms with van der Waals surface area (Å²) in [6, 6.07) is 5.93. The van der Waals surface area contributed by atoms with E-state index in [0.29, 0.717) is 17.5 Å². The molecule has 152 valence electrons. The SMILES string of the molecule is C/C=N/Nc1ccc(-c2nnc(N)c(N3CCNCC3)n2)cc1C.CC(C)C. The highest BCUT2D eigenvalue weighted by Crippen LogP contribution is 2.25. The number of aromatic nitrogens is 3. The van der Waals surface area contributed by atoms with Gasteiger partial charge in [-0.1, -0.05) is 20.8 Å². The number of hydrogen-bond acceptors (Lipinski definition) is 8. The maximum absolute atomic E-state index is 5.98. The predicted octanol–water partition coefficient (Wildman–Crippen LogP) is 2.92. The van der Waals surface area contributed by atoms with Crippen LogP contribution in [-0.4, -0.2) is 47.6 Å². The molecule has 1 fully saturated rings. The molecule has 3 rings (SSSR count). The predicted molar refractivity (Wildman–Crippen MR) is 118 cm³/mol. The van der Waals surface area contributed by atoms with Crippen molar-refractivity contribution >= 4 is 23.5 Å². The zero-order valence-corrected chi connectivity index (χ0v) is 17.5. The van der Waals surface area contributed by atoms with E-state index in [1.54, 1.807) is 6.21 Å². The average Bonchev–Trinajstić information content (AvgIpc) is 2.68. The Morgan fingerprint density at radius 2 is 1.89 bits per heavy atom. The van der Waals surface area contributed by atoms with E-state index in [2.05, 4.69) is 56.7 Å². The molecule has 1 aliphatic heterocycles. The van der Waals surface area contributed by atoms with Gasteiger partial charge in [-0.3, -0.25) is 5.43 Å². The topological polar surface area (TPSA) is 104 Å². The molecule has 0 aliphatic carbocycles. The van der Waals surface area contributed by atoms with Crippen LogP contribution in [0.3, 0.4) is 0 Å². The van der Waals surface area contributed by atoms with Crippen molar-refractivity contribution in [3.8, 4) is 11.4 Å². The van der Waals surface area contributed by atoms with Gasteiger partial charge in [0.2, 0.25) is 0 Å². The molecule has 0 atom stereocenters. The first kappa shape index (κ1) is 21.6. The summed E-state index contributed by atoms with van der Waals surface area (Å²) < 4.78 is 0. The van der Waals surface area contributed by atoms with Gasteiger partial charge < -0.3 is 16.0 Å². The van der Waals surface area contributed by atoms with E-state index in [1.165, 1.54) is 0 Å². The van der Waals surface area contributed by atoms with E-state index in [1.807, 2.05) is 32.0 Å².